The van der Waals surface area contributed by atoms with E-state index in [1.807, 2.05) is 11.7 Å². The van der Waals surface area contributed by atoms with Crippen LogP contribution in [-0.4, -0.2) is 23.4 Å². The molecule has 0 saturated heterocycles. The van der Waals surface area contributed by atoms with E-state index in [4.69, 9.17) is 4.74 Å². The SMILES string of the molecule is CCNC(c1cc(Br)c(Br)s1)c1c(OC)cnn1C. The fourth-order valence-corrected chi connectivity index (χ4v) is 4.12. The van der Waals surface area contributed by atoms with E-state index in [1.165, 1.54) is 4.88 Å². The maximum absolute atomic E-state index is 5.41. The zero-order valence-corrected chi connectivity index (χ0v) is 14.9. The Morgan fingerprint density at radius 2 is 2.26 bits per heavy atom. The number of methoxy groups -OCH3 is 1. The smallest absolute Gasteiger partial charge is 0.161 e. The van der Waals surface area contributed by atoms with Crippen LogP contribution in [0.5, 0.6) is 5.75 Å². The standard InChI is InChI=1S/C12H15Br2N3OS/c1-4-15-10(9-5-7(13)12(14)19-9)11-8(18-3)6-16-17(11)2/h5-6,10,15H,4H2,1-3H3. The summed E-state index contributed by atoms with van der Waals surface area (Å²) in [6.45, 7) is 2.96. The van der Waals surface area contributed by atoms with E-state index in [0.29, 0.717) is 0 Å². The van der Waals surface area contributed by atoms with Gasteiger partial charge >= 0.3 is 0 Å². The number of ether oxygens (including phenoxy) is 1. The first-order valence-electron chi connectivity index (χ1n) is 5.82. The molecule has 0 spiro atoms. The van der Waals surface area contributed by atoms with Crippen LogP contribution in [0.1, 0.15) is 23.5 Å². The van der Waals surface area contributed by atoms with Gasteiger partial charge < -0.3 is 10.1 Å². The highest BCUT2D eigenvalue weighted by Gasteiger charge is 2.24. The normalized spacial score (nSPS) is 12.7. The monoisotopic (exact) mass is 407 g/mol. The molecule has 0 fully saturated rings. The van der Waals surface area contributed by atoms with Crippen molar-refractivity contribution < 1.29 is 4.74 Å². The fraction of sp³-hybridized carbons (Fsp3) is 0.417. The van der Waals surface area contributed by atoms with E-state index < -0.39 is 0 Å². The first-order valence-corrected chi connectivity index (χ1v) is 8.22. The second kappa shape index (κ2) is 6.39. The summed E-state index contributed by atoms with van der Waals surface area (Å²) in [6.07, 6.45) is 1.75. The zero-order valence-electron chi connectivity index (χ0n) is 10.9. The van der Waals surface area contributed by atoms with Gasteiger partial charge in [0.25, 0.3) is 0 Å². The Morgan fingerprint density at radius 1 is 1.53 bits per heavy atom. The molecule has 2 aromatic rings. The number of aromatic nitrogens is 2. The summed E-state index contributed by atoms with van der Waals surface area (Å²) in [7, 11) is 3.60. The van der Waals surface area contributed by atoms with Gasteiger partial charge in [0.15, 0.2) is 5.75 Å². The summed E-state index contributed by atoms with van der Waals surface area (Å²) in [6, 6.07) is 2.19. The molecule has 4 nitrogen and oxygen atoms in total. The second-order valence-corrected chi connectivity index (χ2v) is 7.24. The van der Waals surface area contributed by atoms with Gasteiger partial charge in [0, 0.05) is 16.4 Å². The Labute approximate surface area is 133 Å². The van der Waals surface area contributed by atoms with Crippen molar-refractivity contribution in [1.82, 2.24) is 15.1 Å². The number of nitrogens with one attached hydrogen (secondary N) is 1. The summed E-state index contributed by atoms with van der Waals surface area (Å²) >= 11 is 8.78. The van der Waals surface area contributed by atoms with Crippen molar-refractivity contribution >= 4 is 43.2 Å². The van der Waals surface area contributed by atoms with Crippen LogP contribution in [0.15, 0.2) is 20.5 Å². The molecule has 19 heavy (non-hydrogen) atoms. The van der Waals surface area contributed by atoms with Crippen molar-refractivity contribution in [1.29, 1.82) is 0 Å². The average Bonchev–Trinajstić information content (AvgIpc) is 2.91. The van der Waals surface area contributed by atoms with Crippen molar-refractivity contribution in [3.8, 4) is 5.75 Å². The number of thiophene rings is 1. The van der Waals surface area contributed by atoms with Gasteiger partial charge in [-0.1, -0.05) is 6.92 Å². The highest BCUT2D eigenvalue weighted by Crippen LogP contribution is 2.39. The van der Waals surface area contributed by atoms with E-state index in [9.17, 15) is 0 Å². The zero-order chi connectivity index (χ0) is 14.0. The third-order valence-corrected chi connectivity index (χ3v) is 6.12. The van der Waals surface area contributed by atoms with Crippen LogP contribution in [0.4, 0.5) is 0 Å². The Bertz CT molecular complexity index is 548. The van der Waals surface area contributed by atoms with Crippen LogP contribution in [0.2, 0.25) is 0 Å². The van der Waals surface area contributed by atoms with Crippen LogP contribution < -0.4 is 10.1 Å². The van der Waals surface area contributed by atoms with Crippen molar-refractivity contribution in [3.63, 3.8) is 0 Å². The van der Waals surface area contributed by atoms with Crippen LogP contribution in [0, 0.1) is 0 Å². The van der Waals surface area contributed by atoms with Gasteiger partial charge in [-0.2, -0.15) is 5.10 Å². The third kappa shape index (κ3) is 3.04. The minimum absolute atomic E-state index is 0.0695. The van der Waals surface area contributed by atoms with Gasteiger partial charge in [0.05, 0.1) is 23.1 Å². The molecule has 104 valence electrons. The molecule has 0 saturated carbocycles. The Hall–Kier alpha value is -0.370. The number of aryl methyl sites for hydroxylation is 1. The molecule has 0 aliphatic carbocycles. The molecule has 0 amide bonds. The molecule has 0 aliphatic rings. The number of halogens is 2. The molecular weight excluding hydrogens is 394 g/mol. The molecular formula is C12H15Br2N3OS. The van der Waals surface area contributed by atoms with Crippen LogP contribution >= 0.6 is 43.2 Å². The molecule has 0 bridgehead atoms. The number of nitrogens with zero attached hydrogens (tertiary/aromatic N) is 2. The maximum atomic E-state index is 5.41. The lowest BCUT2D eigenvalue weighted by atomic mass is 10.1. The minimum Gasteiger partial charge on any atom is -0.493 e. The summed E-state index contributed by atoms with van der Waals surface area (Å²) in [5, 5.41) is 7.76. The van der Waals surface area contributed by atoms with Crippen molar-refractivity contribution in [3.05, 3.63) is 31.1 Å². The highest BCUT2D eigenvalue weighted by molar-refractivity contribution is 9.13. The molecule has 2 aromatic heterocycles. The van der Waals surface area contributed by atoms with Crippen LogP contribution in [0.3, 0.4) is 0 Å². The van der Waals surface area contributed by atoms with Gasteiger partial charge in [0.1, 0.15) is 5.69 Å². The van der Waals surface area contributed by atoms with Crippen molar-refractivity contribution in [2.24, 2.45) is 7.05 Å². The molecule has 7 heteroatoms. The van der Waals surface area contributed by atoms with Crippen LogP contribution in [0.25, 0.3) is 0 Å². The molecule has 0 aromatic carbocycles. The molecule has 1 N–H and O–H groups in total. The predicted octanol–water partition coefficient (Wildman–Crippen LogP) is 3.71. The van der Waals surface area contributed by atoms with Gasteiger partial charge in [-0.05, 0) is 44.5 Å². The van der Waals surface area contributed by atoms with E-state index in [0.717, 1.165) is 26.2 Å². The molecule has 0 aliphatic heterocycles. The van der Waals surface area contributed by atoms with Crippen LogP contribution in [-0.2, 0) is 7.05 Å². The van der Waals surface area contributed by atoms with Gasteiger partial charge in [-0.15, -0.1) is 11.3 Å². The largest absolute Gasteiger partial charge is 0.493 e. The number of rotatable bonds is 5. The van der Waals surface area contributed by atoms with Gasteiger partial charge in [-0.3, -0.25) is 4.68 Å². The first-order chi connectivity index (χ1) is 9.08. The lowest BCUT2D eigenvalue weighted by Crippen LogP contribution is -2.24. The number of hydrogen-bond donors (Lipinski definition) is 1. The average molecular weight is 409 g/mol. The third-order valence-electron chi connectivity index (χ3n) is 2.80. The molecule has 2 rings (SSSR count). The maximum Gasteiger partial charge on any atom is 0.161 e. The second-order valence-electron chi connectivity index (χ2n) is 3.98. The first kappa shape index (κ1) is 15.0. The lowest BCUT2D eigenvalue weighted by molar-refractivity contribution is 0.401. The van der Waals surface area contributed by atoms with Gasteiger partial charge in [0.2, 0.25) is 0 Å². The summed E-state index contributed by atoms with van der Waals surface area (Å²) in [5.74, 6) is 0.800. The fourth-order valence-electron chi connectivity index (χ4n) is 1.95. The lowest BCUT2D eigenvalue weighted by Gasteiger charge is -2.18. The number of hydrogen-bond acceptors (Lipinski definition) is 4. The Morgan fingerprint density at radius 3 is 2.79 bits per heavy atom. The minimum atomic E-state index is 0.0695. The predicted molar refractivity (Wildman–Crippen MR) is 85.0 cm³/mol. The van der Waals surface area contributed by atoms with E-state index in [-0.39, 0.29) is 6.04 Å². The van der Waals surface area contributed by atoms with Gasteiger partial charge in [-0.25, -0.2) is 0 Å². The summed E-state index contributed by atoms with van der Waals surface area (Å²) < 4.78 is 9.42. The molecule has 1 unspecified atom stereocenters. The van der Waals surface area contributed by atoms with E-state index >= 15 is 0 Å². The van der Waals surface area contributed by atoms with Crippen molar-refractivity contribution in [2.75, 3.05) is 13.7 Å². The van der Waals surface area contributed by atoms with Crippen molar-refractivity contribution in [2.45, 2.75) is 13.0 Å². The highest BCUT2D eigenvalue weighted by atomic mass is 79.9. The molecule has 1 atom stereocenters. The van der Waals surface area contributed by atoms with E-state index in [1.54, 1.807) is 24.6 Å². The Balaban J connectivity index is 2.47. The quantitative estimate of drug-likeness (QED) is 0.819. The Kier molecular flexibility index (Phi) is 5.05. The topological polar surface area (TPSA) is 39.1 Å². The molecule has 0 radical (unpaired) electrons. The molecule has 2 heterocycles. The van der Waals surface area contributed by atoms with E-state index in [2.05, 4.69) is 55.3 Å². The summed E-state index contributed by atoms with van der Waals surface area (Å²) in [4.78, 5) is 1.21. The summed E-state index contributed by atoms with van der Waals surface area (Å²) in [5.41, 5.74) is 1.03.